The number of hydrogen-bond donors (Lipinski definition) is 1. The zero-order valence-corrected chi connectivity index (χ0v) is 8.86. The Labute approximate surface area is 86.3 Å². The molecule has 1 heterocycles. The van der Waals surface area contributed by atoms with Gasteiger partial charge in [0.15, 0.2) is 0 Å². The Morgan fingerprint density at radius 2 is 2.29 bits per heavy atom. The van der Waals surface area contributed by atoms with Crippen molar-refractivity contribution < 1.29 is 9.84 Å². The molecule has 1 fully saturated rings. The first-order valence-electron chi connectivity index (χ1n) is 5.35. The summed E-state index contributed by atoms with van der Waals surface area (Å²) in [6.45, 7) is 5.72. The molecule has 0 bridgehead atoms. The lowest BCUT2D eigenvalue weighted by Crippen LogP contribution is -2.37. The topological polar surface area (TPSA) is 29.5 Å². The van der Waals surface area contributed by atoms with Crippen molar-refractivity contribution in [3.8, 4) is 0 Å². The van der Waals surface area contributed by atoms with Gasteiger partial charge >= 0.3 is 0 Å². The summed E-state index contributed by atoms with van der Waals surface area (Å²) in [4.78, 5) is 0. The molecule has 0 aromatic rings. The largest absolute Gasteiger partial charge is 0.390 e. The van der Waals surface area contributed by atoms with Crippen LogP contribution in [-0.4, -0.2) is 23.4 Å². The number of allylic oxidation sites excluding steroid dienone is 2. The quantitative estimate of drug-likeness (QED) is 0.700. The zero-order chi connectivity index (χ0) is 10.4. The van der Waals surface area contributed by atoms with Crippen molar-refractivity contribution >= 4 is 0 Å². The van der Waals surface area contributed by atoms with Crippen molar-refractivity contribution in [2.45, 2.75) is 50.9 Å². The van der Waals surface area contributed by atoms with Crippen molar-refractivity contribution in [3.05, 3.63) is 24.8 Å². The molecular weight excluding hydrogens is 176 g/mol. The van der Waals surface area contributed by atoms with Gasteiger partial charge in [-0.1, -0.05) is 18.2 Å². The van der Waals surface area contributed by atoms with E-state index in [0.717, 1.165) is 25.7 Å². The number of rotatable bonds is 4. The SMILES string of the molecule is C=CC1CCC(O)C(CCC=CC)O1. The van der Waals surface area contributed by atoms with Crippen molar-refractivity contribution in [2.24, 2.45) is 0 Å². The number of aliphatic hydroxyl groups excluding tert-OH is 1. The molecule has 1 rings (SSSR count). The van der Waals surface area contributed by atoms with Gasteiger partial charge in [-0.25, -0.2) is 0 Å². The smallest absolute Gasteiger partial charge is 0.0844 e. The second-order valence-corrected chi connectivity index (χ2v) is 3.74. The first-order chi connectivity index (χ1) is 6.77. The van der Waals surface area contributed by atoms with Gasteiger partial charge in [0.1, 0.15) is 0 Å². The number of hydrogen-bond acceptors (Lipinski definition) is 2. The highest BCUT2D eigenvalue weighted by atomic mass is 16.5. The zero-order valence-electron chi connectivity index (χ0n) is 8.86. The van der Waals surface area contributed by atoms with Gasteiger partial charge in [-0.3, -0.25) is 0 Å². The molecule has 3 unspecified atom stereocenters. The third kappa shape index (κ3) is 3.28. The molecule has 14 heavy (non-hydrogen) atoms. The van der Waals surface area contributed by atoms with Gasteiger partial charge in [-0.15, -0.1) is 6.58 Å². The summed E-state index contributed by atoms with van der Waals surface area (Å²) >= 11 is 0. The van der Waals surface area contributed by atoms with Crippen LogP contribution in [0, 0.1) is 0 Å². The van der Waals surface area contributed by atoms with E-state index >= 15 is 0 Å². The predicted octanol–water partition coefficient (Wildman–Crippen LogP) is 2.44. The molecule has 80 valence electrons. The summed E-state index contributed by atoms with van der Waals surface area (Å²) in [5, 5.41) is 9.70. The van der Waals surface area contributed by atoms with Crippen LogP contribution in [0.2, 0.25) is 0 Å². The Morgan fingerprint density at radius 3 is 2.93 bits per heavy atom. The maximum atomic E-state index is 9.70. The van der Waals surface area contributed by atoms with Crippen molar-refractivity contribution in [3.63, 3.8) is 0 Å². The van der Waals surface area contributed by atoms with E-state index in [4.69, 9.17) is 4.74 Å². The van der Waals surface area contributed by atoms with Crippen LogP contribution in [0.1, 0.15) is 32.6 Å². The molecule has 1 saturated heterocycles. The minimum atomic E-state index is -0.295. The van der Waals surface area contributed by atoms with Crippen LogP contribution < -0.4 is 0 Å². The first kappa shape index (κ1) is 11.5. The summed E-state index contributed by atoms with van der Waals surface area (Å²) in [7, 11) is 0. The Hall–Kier alpha value is -0.600. The highest BCUT2D eigenvalue weighted by Gasteiger charge is 2.27. The fourth-order valence-electron chi connectivity index (χ4n) is 1.77. The molecule has 0 aromatic heterocycles. The average Bonchev–Trinajstić information content (AvgIpc) is 2.21. The molecule has 1 aliphatic heterocycles. The Bertz CT molecular complexity index is 198. The summed E-state index contributed by atoms with van der Waals surface area (Å²) in [6.07, 6.45) is 9.39. The van der Waals surface area contributed by atoms with Crippen LogP contribution in [-0.2, 0) is 4.74 Å². The molecule has 0 saturated carbocycles. The van der Waals surface area contributed by atoms with Crippen LogP contribution in [0.4, 0.5) is 0 Å². The Kier molecular flexibility index (Phi) is 4.91. The number of aliphatic hydroxyl groups is 1. The van der Waals surface area contributed by atoms with E-state index < -0.39 is 0 Å². The highest BCUT2D eigenvalue weighted by molar-refractivity contribution is 4.89. The van der Waals surface area contributed by atoms with E-state index in [1.807, 2.05) is 19.1 Å². The van der Waals surface area contributed by atoms with E-state index in [2.05, 4.69) is 12.7 Å². The van der Waals surface area contributed by atoms with E-state index in [1.165, 1.54) is 0 Å². The van der Waals surface area contributed by atoms with Crippen molar-refractivity contribution in [2.75, 3.05) is 0 Å². The standard InChI is InChI=1S/C12H20O2/c1-3-5-6-7-12-11(13)9-8-10(4-2)14-12/h3-5,10-13H,2,6-9H2,1H3. The molecule has 0 radical (unpaired) electrons. The van der Waals surface area contributed by atoms with Crippen molar-refractivity contribution in [1.29, 1.82) is 0 Å². The summed E-state index contributed by atoms with van der Waals surface area (Å²) in [6, 6.07) is 0. The summed E-state index contributed by atoms with van der Waals surface area (Å²) in [5.41, 5.74) is 0. The molecule has 0 aliphatic carbocycles. The van der Waals surface area contributed by atoms with Gasteiger partial charge in [-0.05, 0) is 32.6 Å². The second-order valence-electron chi connectivity index (χ2n) is 3.74. The van der Waals surface area contributed by atoms with E-state index in [0.29, 0.717) is 0 Å². The molecule has 0 aromatic carbocycles. The lowest BCUT2D eigenvalue weighted by molar-refractivity contribution is -0.103. The van der Waals surface area contributed by atoms with Crippen molar-refractivity contribution in [1.82, 2.24) is 0 Å². The highest BCUT2D eigenvalue weighted by Crippen LogP contribution is 2.23. The van der Waals surface area contributed by atoms with Crippen LogP contribution in [0.3, 0.4) is 0 Å². The monoisotopic (exact) mass is 196 g/mol. The minimum absolute atomic E-state index is 0.0112. The summed E-state index contributed by atoms with van der Waals surface area (Å²) < 4.78 is 5.69. The molecule has 2 heteroatoms. The first-order valence-corrected chi connectivity index (χ1v) is 5.35. The second kappa shape index (κ2) is 5.99. The number of ether oxygens (including phenoxy) is 1. The van der Waals surface area contributed by atoms with E-state index in [-0.39, 0.29) is 18.3 Å². The van der Waals surface area contributed by atoms with Gasteiger partial charge < -0.3 is 9.84 Å². The Morgan fingerprint density at radius 1 is 1.50 bits per heavy atom. The van der Waals surface area contributed by atoms with Gasteiger partial charge in [0.2, 0.25) is 0 Å². The van der Waals surface area contributed by atoms with Gasteiger partial charge in [0.05, 0.1) is 18.3 Å². The normalized spacial score (nSPS) is 33.4. The molecule has 0 amide bonds. The van der Waals surface area contributed by atoms with Gasteiger partial charge in [-0.2, -0.15) is 0 Å². The fourth-order valence-corrected chi connectivity index (χ4v) is 1.77. The van der Waals surface area contributed by atoms with Crippen LogP contribution >= 0.6 is 0 Å². The minimum Gasteiger partial charge on any atom is -0.390 e. The fraction of sp³-hybridized carbons (Fsp3) is 0.667. The molecule has 1 aliphatic rings. The predicted molar refractivity (Wildman–Crippen MR) is 58.1 cm³/mol. The van der Waals surface area contributed by atoms with Gasteiger partial charge in [0.25, 0.3) is 0 Å². The Balaban J connectivity index is 2.36. The van der Waals surface area contributed by atoms with E-state index in [9.17, 15) is 5.11 Å². The lowest BCUT2D eigenvalue weighted by atomic mass is 9.98. The maximum absolute atomic E-state index is 9.70. The molecule has 2 nitrogen and oxygen atoms in total. The summed E-state index contributed by atoms with van der Waals surface area (Å²) in [5.74, 6) is 0. The average molecular weight is 196 g/mol. The van der Waals surface area contributed by atoms with E-state index in [1.54, 1.807) is 0 Å². The van der Waals surface area contributed by atoms with Crippen LogP contribution in [0.15, 0.2) is 24.8 Å². The van der Waals surface area contributed by atoms with Crippen LogP contribution in [0.25, 0.3) is 0 Å². The lowest BCUT2D eigenvalue weighted by Gasteiger charge is -2.32. The third-order valence-electron chi connectivity index (χ3n) is 2.64. The third-order valence-corrected chi connectivity index (χ3v) is 2.64. The maximum Gasteiger partial charge on any atom is 0.0844 e. The molecule has 3 atom stereocenters. The molecule has 1 N–H and O–H groups in total. The van der Waals surface area contributed by atoms with Crippen LogP contribution in [0.5, 0.6) is 0 Å². The molecule has 0 spiro atoms. The molecular formula is C12H20O2. The van der Waals surface area contributed by atoms with Gasteiger partial charge in [0, 0.05) is 0 Å².